The Balaban J connectivity index is 1.68. The summed E-state index contributed by atoms with van der Waals surface area (Å²) in [6.07, 6.45) is 0.735. The number of carbonyl (C=O) groups excluding carboxylic acids is 2. The summed E-state index contributed by atoms with van der Waals surface area (Å²) in [4.78, 5) is 27.5. The van der Waals surface area contributed by atoms with Crippen LogP contribution in [0.2, 0.25) is 0 Å². The molecule has 1 fully saturated rings. The SMILES string of the molecule is CC(C)(C)OC(=O)NC(CC(=O)N1CCC[C@H]1CNS(=O)(=O)c1ccccc1)Cc1ccccc1F. The van der Waals surface area contributed by atoms with Gasteiger partial charge in [0, 0.05) is 31.6 Å². The summed E-state index contributed by atoms with van der Waals surface area (Å²) in [6, 6.07) is 13.2. The number of ether oxygens (including phenoxy) is 1. The monoisotopic (exact) mass is 519 g/mol. The van der Waals surface area contributed by atoms with Crippen molar-refractivity contribution < 1.29 is 27.1 Å². The highest BCUT2D eigenvalue weighted by atomic mass is 32.2. The number of halogens is 1. The molecule has 0 aliphatic carbocycles. The lowest BCUT2D eigenvalue weighted by molar-refractivity contribution is -0.132. The molecule has 0 saturated carbocycles. The maximum Gasteiger partial charge on any atom is 0.407 e. The van der Waals surface area contributed by atoms with Gasteiger partial charge in [-0.1, -0.05) is 36.4 Å². The van der Waals surface area contributed by atoms with Gasteiger partial charge in [0.15, 0.2) is 0 Å². The predicted octanol–water partition coefficient (Wildman–Crippen LogP) is 3.62. The van der Waals surface area contributed by atoms with Gasteiger partial charge in [-0.15, -0.1) is 0 Å². The Labute approximate surface area is 212 Å². The Morgan fingerprint density at radius 1 is 1.11 bits per heavy atom. The van der Waals surface area contributed by atoms with Crippen molar-refractivity contribution in [3.63, 3.8) is 0 Å². The Kier molecular flexibility index (Phi) is 9.08. The molecule has 10 heteroatoms. The lowest BCUT2D eigenvalue weighted by atomic mass is 10.0. The molecular formula is C26H34FN3O5S. The first-order valence-corrected chi connectivity index (χ1v) is 13.5. The van der Waals surface area contributed by atoms with Crippen LogP contribution in [0.25, 0.3) is 0 Å². The Morgan fingerprint density at radius 2 is 1.78 bits per heavy atom. The molecule has 0 bridgehead atoms. The average molecular weight is 520 g/mol. The number of carbonyl (C=O) groups is 2. The van der Waals surface area contributed by atoms with Crippen molar-refractivity contribution in [2.24, 2.45) is 0 Å². The van der Waals surface area contributed by atoms with Gasteiger partial charge in [-0.25, -0.2) is 22.3 Å². The van der Waals surface area contributed by atoms with Gasteiger partial charge in [0.05, 0.1) is 4.90 Å². The van der Waals surface area contributed by atoms with E-state index in [1.54, 1.807) is 62.1 Å². The van der Waals surface area contributed by atoms with E-state index in [1.807, 2.05) is 0 Å². The molecule has 3 rings (SSSR count). The molecule has 1 unspecified atom stereocenters. The third-order valence-electron chi connectivity index (χ3n) is 5.83. The van der Waals surface area contributed by atoms with Crippen LogP contribution in [0.15, 0.2) is 59.5 Å². The molecule has 0 radical (unpaired) electrons. The van der Waals surface area contributed by atoms with E-state index >= 15 is 0 Å². The molecule has 1 heterocycles. The summed E-state index contributed by atoms with van der Waals surface area (Å²) >= 11 is 0. The van der Waals surface area contributed by atoms with Crippen LogP contribution in [0.4, 0.5) is 9.18 Å². The fraction of sp³-hybridized carbons (Fsp3) is 0.462. The second kappa shape index (κ2) is 11.8. The van der Waals surface area contributed by atoms with Crippen LogP contribution in [0.1, 0.15) is 45.6 Å². The minimum Gasteiger partial charge on any atom is -0.444 e. The highest BCUT2D eigenvalue weighted by Crippen LogP contribution is 2.21. The van der Waals surface area contributed by atoms with E-state index in [1.165, 1.54) is 18.2 Å². The van der Waals surface area contributed by atoms with E-state index < -0.39 is 33.6 Å². The number of hydrogen-bond donors (Lipinski definition) is 2. The summed E-state index contributed by atoms with van der Waals surface area (Å²) in [6.45, 7) is 5.76. The number of amides is 2. The number of benzene rings is 2. The van der Waals surface area contributed by atoms with Gasteiger partial charge in [0.1, 0.15) is 11.4 Å². The first-order chi connectivity index (χ1) is 16.9. The topological polar surface area (TPSA) is 105 Å². The molecule has 196 valence electrons. The van der Waals surface area contributed by atoms with Crippen LogP contribution < -0.4 is 10.0 Å². The van der Waals surface area contributed by atoms with Crippen molar-refractivity contribution in [3.05, 3.63) is 66.0 Å². The Hall–Kier alpha value is -2.98. The zero-order valence-corrected chi connectivity index (χ0v) is 21.7. The third-order valence-corrected chi connectivity index (χ3v) is 7.27. The van der Waals surface area contributed by atoms with Crippen molar-refractivity contribution in [2.45, 2.75) is 69.0 Å². The zero-order valence-electron chi connectivity index (χ0n) is 20.9. The molecule has 2 aromatic carbocycles. The number of sulfonamides is 1. The van der Waals surface area contributed by atoms with Gasteiger partial charge in [0.25, 0.3) is 0 Å². The van der Waals surface area contributed by atoms with E-state index in [2.05, 4.69) is 10.0 Å². The van der Waals surface area contributed by atoms with E-state index in [4.69, 9.17) is 4.74 Å². The number of nitrogens with zero attached hydrogens (tertiary/aromatic N) is 1. The molecule has 2 amide bonds. The van der Waals surface area contributed by atoms with Crippen LogP contribution in [0.3, 0.4) is 0 Å². The maximum atomic E-state index is 14.3. The van der Waals surface area contributed by atoms with Crippen molar-refractivity contribution in [1.29, 1.82) is 0 Å². The standard InChI is InChI=1S/C26H34FN3O5S/c1-26(2,3)35-25(32)29-20(16-19-10-7-8-14-23(19)27)17-24(31)30-15-9-11-21(30)18-28-36(33,34)22-12-5-4-6-13-22/h4-8,10,12-14,20-21,28H,9,11,15-18H2,1-3H3,(H,29,32)/t20?,21-/m0/s1. The summed E-state index contributed by atoms with van der Waals surface area (Å²) in [5.74, 6) is -0.663. The summed E-state index contributed by atoms with van der Waals surface area (Å²) in [7, 11) is -3.70. The number of hydrogen-bond acceptors (Lipinski definition) is 5. The zero-order chi connectivity index (χ0) is 26.3. The van der Waals surface area contributed by atoms with Gasteiger partial charge < -0.3 is 15.0 Å². The lowest BCUT2D eigenvalue weighted by Crippen LogP contribution is -2.47. The molecular weight excluding hydrogens is 485 g/mol. The molecule has 8 nitrogen and oxygen atoms in total. The smallest absolute Gasteiger partial charge is 0.407 e. The number of likely N-dealkylation sites (tertiary alicyclic amines) is 1. The van der Waals surface area contributed by atoms with Gasteiger partial charge >= 0.3 is 6.09 Å². The van der Waals surface area contributed by atoms with Crippen molar-refractivity contribution in [2.75, 3.05) is 13.1 Å². The third kappa shape index (κ3) is 8.03. The largest absolute Gasteiger partial charge is 0.444 e. The Bertz CT molecular complexity index is 1150. The molecule has 0 spiro atoms. The Morgan fingerprint density at radius 3 is 2.44 bits per heavy atom. The van der Waals surface area contributed by atoms with Crippen molar-refractivity contribution >= 4 is 22.0 Å². The van der Waals surface area contributed by atoms with Crippen LogP contribution in [0.5, 0.6) is 0 Å². The fourth-order valence-corrected chi connectivity index (χ4v) is 5.26. The first kappa shape index (κ1) is 27.6. The van der Waals surface area contributed by atoms with E-state index in [9.17, 15) is 22.4 Å². The van der Waals surface area contributed by atoms with Crippen molar-refractivity contribution in [1.82, 2.24) is 14.9 Å². The summed E-state index contributed by atoms with van der Waals surface area (Å²) < 4.78 is 47.4. The maximum absolute atomic E-state index is 14.3. The molecule has 36 heavy (non-hydrogen) atoms. The van der Waals surface area contributed by atoms with E-state index in [-0.39, 0.29) is 36.2 Å². The quantitative estimate of drug-likeness (QED) is 0.527. The molecule has 1 saturated heterocycles. The second-order valence-electron chi connectivity index (χ2n) is 9.89. The molecule has 1 aliphatic heterocycles. The van der Waals surface area contributed by atoms with Gasteiger partial charge in [-0.3, -0.25) is 4.79 Å². The summed E-state index contributed by atoms with van der Waals surface area (Å²) in [5, 5.41) is 2.71. The van der Waals surface area contributed by atoms with Crippen LogP contribution in [-0.4, -0.2) is 56.1 Å². The average Bonchev–Trinajstić information content (AvgIpc) is 3.27. The van der Waals surface area contributed by atoms with Gasteiger partial charge in [0.2, 0.25) is 15.9 Å². The van der Waals surface area contributed by atoms with Crippen LogP contribution in [-0.2, 0) is 26.0 Å². The van der Waals surface area contributed by atoms with E-state index in [0.29, 0.717) is 18.5 Å². The molecule has 1 aliphatic rings. The van der Waals surface area contributed by atoms with Crippen molar-refractivity contribution in [3.8, 4) is 0 Å². The molecule has 2 aromatic rings. The normalized spacial score (nSPS) is 17.0. The van der Waals surface area contributed by atoms with Gasteiger partial charge in [-0.05, 0) is 63.8 Å². The lowest BCUT2D eigenvalue weighted by Gasteiger charge is -2.28. The van der Waals surface area contributed by atoms with Gasteiger partial charge in [-0.2, -0.15) is 0 Å². The molecule has 2 atom stereocenters. The minimum atomic E-state index is -3.70. The fourth-order valence-electron chi connectivity index (χ4n) is 4.17. The second-order valence-corrected chi connectivity index (χ2v) is 11.7. The van der Waals surface area contributed by atoms with E-state index in [0.717, 1.165) is 6.42 Å². The molecule has 2 N–H and O–H groups in total. The minimum absolute atomic E-state index is 0.0739. The predicted molar refractivity (Wildman–Crippen MR) is 134 cm³/mol. The highest BCUT2D eigenvalue weighted by molar-refractivity contribution is 7.89. The first-order valence-electron chi connectivity index (χ1n) is 12.0. The highest BCUT2D eigenvalue weighted by Gasteiger charge is 2.32. The molecule has 0 aromatic heterocycles. The summed E-state index contributed by atoms with van der Waals surface area (Å²) in [5.41, 5.74) is -0.355. The van der Waals surface area contributed by atoms with Crippen LogP contribution in [0, 0.1) is 5.82 Å². The number of alkyl carbamates (subject to hydrolysis) is 1. The number of rotatable bonds is 9. The van der Waals surface area contributed by atoms with Crippen LogP contribution >= 0.6 is 0 Å². The number of nitrogens with one attached hydrogen (secondary N) is 2.